The van der Waals surface area contributed by atoms with Gasteiger partial charge in [0, 0.05) is 10.5 Å². The van der Waals surface area contributed by atoms with E-state index in [4.69, 9.17) is 5.73 Å². The Bertz CT molecular complexity index is 331. The Morgan fingerprint density at radius 1 is 1.50 bits per heavy atom. The molecular weight excluding hydrogens is 238 g/mol. The van der Waals surface area contributed by atoms with Crippen molar-refractivity contribution in [3.05, 3.63) is 33.8 Å². The predicted octanol–water partition coefficient (Wildman–Crippen LogP) is 3.56. The Balaban J connectivity index is 2.15. The van der Waals surface area contributed by atoms with E-state index in [1.54, 1.807) is 0 Å². The maximum atomic E-state index is 6.18. The van der Waals surface area contributed by atoms with Gasteiger partial charge >= 0.3 is 0 Å². The summed E-state index contributed by atoms with van der Waals surface area (Å²) in [5.41, 5.74) is 8.79. The molecule has 0 unspecified atom stereocenters. The molecule has 1 aliphatic carbocycles. The third kappa shape index (κ3) is 2.37. The average Bonchev–Trinajstić information content (AvgIpc) is 2.93. The van der Waals surface area contributed by atoms with Crippen LogP contribution in [0.3, 0.4) is 0 Å². The molecule has 0 aromatic heterocycles. The lowest BCUT2D eigenvalue weighted by atomic mass is 9.98. The van der Waals surface area contributed by atoms with Crippen LogP contribution in [0.25, 0.3) is 0 Å². The van der Waals surface area contributed by atoms with Crippen molar-refractivity contribution in [2.75, 3.05) is 0 Å². The minimum atomic E-state index is 0.222. The summed E-state index contributed by atoms with van der Waals surface area (Å²) < 4.78 is 1.13. The Hall–Kier alpha value is -0.340. The van der Waals surface area contributed by atoms with Gasteiger partial charge in [0.2, 0.25) is 0 Å². The van der Waals surface area contributed by atoms with Gasteiger partial charge in [-0.2, -0.15) is 0 Å². The van der Waals surface area contributed by atoms with Crippen molar-refractivity contribution in [3.63, 3.8) is 0 Å². The largest absolute Gasteiger partial charge is 0.324 e. The van der Waals surface area contributed by atoms with Gasteiger partial charge in [-0.25, -0.2) is 0 Å². The quantitative estimate of drug-likeness (QED) is 0.876. The molecule has 1 fully saturated rings. The first-order valence-corrected chi connectivity index (χ1v) is 5.98. The Kier molecular flexibility index (Phi) is 2.93. The fraction of sp³-hybridized carbons (Fsp3) is 0.500. The molecule has 0 heterocycles. The second-order valence-corrected chi connectivity index (χ2v) is 5.20. The zero-order valence-corrected chi connectivity index (χ0v) is 10.0. The molecule has 0 bridgehead atoms. The molecular formula is C12H16BrN. The van der Waals surface area contributed by atoms with Crippen LogP contribution in [0.5, 0.6) is 0 Å². The van der Waals surface area contributed by atoms with Gasteiger partial charge in [-0.1, -0.05) is 34.8 Å². The van der Waals surface area contributed by atoms with E-state index in [1.165, 1.54) is 24.0 Å². The second kappa shape index (κ2) is 4.03. The zero-order chi connectivity index (χ0) is 10.1. The lowest BCUT2D eigenvalue weighted by Crippen LogP contribution is -2.12. The van der Waals surface area contributed by atoms with Gasteiger partial charge in [0.1, 0.15) is 0 Å². The number of hydrogen-bond acceptors (Lipinski definition) is 1. The first-order chi connectivity index (χ1) is 6.66. The first-order valence-electron chi connectivity index (χ1n) is 5.18. The lowest BCUT2D eigenvalue weighted by Gasteiger charge is -2.14. The summed E-state index contributed by atoms with van der Waals surface area (Å²) in [6, 6.07) is 6.58. The van der Waals surface area contributed by atoms with E-state index in [2.05, 4.69) is 41.1 Å². The fourth-order valence-corrected chi connectivity index (χ4v) is 2.23. The summed E-state index contributed by atoms with van der Waals surface area (Å²) in [7, 11) is 0. The van der Waals surface area contributed by atoms with E-state index in [-0.39, 0.29) is 6.04 Å². The van der Waals surface area contributed by atoms with Crippen molar-refractivity contribution in [1.29, 1.82) is 0 Å². The van der Waals surface area contributed by atoms with Crippen LogP contribution in [0.4, 0.5) is 0 Å². The number of nitrogens with two attached hydrogens (primary N) is 1. The highest BCUT2D eigenvalue weighted by Crippen LogP contribution is 2.37. The first kappa shape index (κ1) is 10.2. The predicted molar refractivity (Wildman–Crippen MR) is 63.1 cm³/mol. The Labute approximate surface area is 93.8 Å². The molecule has 1 aromatic rings. The summed E-state index contributed by atoms with van der Waals surface area (Å²) in [5.74, 6) is 0.892. The molecule has 0 spiro atoms. The molecule has 2 rings (SSSR count). The number of rotatable bonds is 3. The molecule has 1 atom stereocenters. The van der Waals surface area contributed by atoms with E-state index in [9.17, 15) is 0 Å². The fourth-order valence-electron chi connectivity index (χ4n) is 1.85. The van der Waals surface area contributed by atoms with Crippen LogP contribution in [-0.4, -0.2) is 0 Å². The number of aryl methyl sites for hydroxylation is 1. The Morgan fingerprint density at radius 3 is 2.86 bits per heavy atom. The zero-order valence-electron chi connectivity index (χ0n) is 8.46. The lowest BCUT2D eigenvalue weighted by molar-refractivity contribution is 0.594. The molecule has 2 N–H and O–H groups in total. The highest BCUT2D eigenvalue weighted by Gasteiger charge is 2.24. The molecule has 0 radical (unpaired) electrons. The minimum absolute atomic E-state index is 0.222. The van der Waals surface area contributed by atoms with Gasteiger partial charge in [0.15, 0.2) is 0 Å². The highest BCUT2D eigenvalue weighted by atomic mass is 79.9. The van der Waals surface area contributed by atoms with Crippen LogP contribution in [0, 0.1) is 12.8 Å². The third-order valence-electron chi connectivity index (χ3n) is 2.92. The van der Waals surface area contributed by atoms with Crippen LogP contribution in [0.2, 0.25) is 0 Å². The van der Waals surface area contributed by atoms with Gasteiger partial charge < -0.3 is 5.73 Å². The number of halogens is 1. The van der Waals surface area contributed by atoms with Crippen LogP contribution < -0.4 is 5.73 Å². The van der Waals surface area contributed by atoms with Crippen LogP contribution in [0.15, 0.2) is 22.7 Å². The van der Waals surface area contributed by atoms with Gasteiger partial charge in [0.25, 0.3) is 0 Å². The topological polar surface area (TPSA) is 26.0 Å². The second-order valence-electron chi connectivity index (χ2n) is 4.29. The van der Waals surface area contributed by atoms with Gasteiger partial charge in [0.05, 0.1) is 0 Å². The van der Waals surface area contributed by atoms with Crippen molar-refractivity contribution < 1.29 is 0 Å². The van der Waals surface area contributed by atoms with E-state index >= 15 is 0 Å². The number of benzene rings is 1. The summed E-state index contributed by atoms with van der Waals surface area (Å²) in [6.45, 7) is 2.13. The molecule has 0 amide bonds. The van der Waals surface area contributed by atoms with Crippen molar-refractivity contribution in [2.24, 2.45) is 11.7 Å². The van der Waals surface area contributed by atoms with Gasteiger partial charge in [-0.15, -0.1) is 0 Å². The molecule has 76 valence electrons. The van der Waals surface area contributed by atoms with Crippen LogP contribution >= 0.6 is 15.9 Å². The molecule has 14 heavy (non-hydrogen) atoms. The molecule has 1 aliphatic rings. The van der Waals surface area contributed by atoms with Crippen molar-refractivity contribution in [2.45, 2.75) is 32.2 Å². The minimum Gasteiger partial charge on any atom is -0.324 e. The molecule has 1 aromatic carbocycles. The van der Waals surface area contributed by atoms with Gasteiger partial charge in [-0.05, 0) is 42.5 Å². The molecule has 1 saturated carbocycles. The summed E-state index contributed by atoms with van der Waals surface area (Å²) in [5, 5.41) is 0. The van der Waals surface area contributed by atoms with E-state index in [1.807, 2.05) is 0 Å². The van der Waals surface area contributed by atoms with Gasteiger partial charge in [-0.3, -0.25) is 0 Å². The molecule has 0 aliphatic heterocycles. The van der Waals surface area contributed by atoms with E-state index in [0.29, 0.717) is 0 Å². The summed E-state index contributed by atoms with van der Waals surface area (Å²) >= 11 is 3.49. The molecule has 0 saturated heterocycles. The summed E-state index contributed by atoms with van der Waals surface area (Å²) in [4.78, 5) is 0. The molecule has 2 heteroatoms. The Morgan fingerprint density at radius 2 is 2.21 bits per heavy atom. The average molecular weight is 254 g/mol. The number of hydrogen-bond donors (Lipinski definition) is 1. The highest BCUT2D eigenvalue weighted by molar-refractivity contribution is 9.10. The standard InChI is InChI=1S/C12H16BrN/c1-8-2-5-10(13)7-11(8)12(14)6-9-3-4-9/h2,5,7,9,12H,3-4,6,14H2,1H3/t12-/m1/s1. The van der Waals surface area contributed by atoms with E-state index in [0.717, 1.165) is 16.8 Å². The third-order valence-corrected chi connectivity index (χ3v) is 3.42. The maximum Gasteiger partial charge on any atom is 0.0300 e. The summed E-state index contributed by atoms with van der Waals surface area (Å²) in [6.07, 6.45) is 3.90. The van der Waals surface area contributed by atoms with Crippen molar-refractivity contribution in [3.8, 4) is 0 Å². The maximum absolute atomic E-state index is 6.18. The van der Waals surface area contributed by atoms with Crippen molar-refractivity contribution >= 4 is 15.9 Å². The van der Waals surface area contributed by atoms with Crippen molar-refractivity contribution in [1.82, 2.24) is 0 Å². The molecule has 1 nitrogen and oxygen atoms in total. The van der Waals surface area contributed by atoms with Crippen LogP contribution in [-0.2, 0) is 0 Å². The van der Waals surface area contributed by atoms with E-state index < -0.39 is 0 Å². The SMILES string of the molecule is Cc1ccc(Br)cc1[C@H](N)CC1CC1. The normalized spacial score (nSPS) is 18.2. The monoisotopic (exact) mass is 253 g/mol. The van der Waals surface area contributed by atoms with Crippen LogP contribution in [0.1, 0.15) is 36.4 Å². The smallest absolute Gasteiger partial charge is 0.0300 e.